The van der Waals surface area contributed by atoms with E-state index >= 15 is 0 Å². The second kappa shape index (κ2) is 8.67. The molecular formula is C23H22N2O4S. The number of fused-ring (bicyclic) bond motifs is 1. The van der Waals surface area contributed by atoms with Gasteiger partial charge in [0.15, 0.2) is 6.61 Å². The van der Waals surface area contributed by atoms with E-state index in [0.717, 1.165) is 28.2 Å². The summed E-state index contributed by atoms with van der Waals surface area (Å²) in [5.74, 6) is -0.140. The zero-order valence-corrected chi connectivity index (χ0v) is 17.6. The number of rotatable bonds is 6. The van der Waals surface area contributed by atoms with Gasteiger partial charge in [0.05, 0.1) is 18.0 Å². The van der Waals surface area contributed by atoms with E-state index in [1.807, 2.05) is 60.8 Å². The van der Waals surface area contributed by atoms with Crippen molar-refractivity contribution in [2.24, 2.45) is 0 Å². The molecule has 2 aromatic carbocycles. The van der Waals surface area contributed by atoms with E-state index in [1.165, 1.54) is 4.90 Å². The fourth-order valence-electron chi connectivity index (χ4n) is 3.30. The molecule has 1 amide bonds. The van der Waals surface area contributed by atoms with E-state index in [0.29, 0.717) is 18.0 Å². The molecule has 0 N–H and O–H groups in total. The molecule has 30 heavy (non-hydrogen) atoms. The van der Waals surface area contributed by atoms with Gasteiger partial charge in [-0.1, -0.05) is 37.3 Å². The minimum atomic E-state index is -0.739. The first-order valence-electron chi connectivity index (χ1n) is 9.85. The van der Waals surface area contributed by atoms with Crippen LogP contribution in [0, 0.1) is 0 Å². The van der Waals surface area contributed by atoms with Gasteiger partial charge in [0.2, 0.25) is 0 Å². The molecule has 0 saturated carbocycles. The quantitative estimate of drug-likeness (QED) is 0.546. The van der Waals surface area contributed by atoms with E-state index < -0.39 is 12.0 Å². The third-order valence-corrected chi connectivity index (χ3v) is 5.73. The molecule has 0 saturated heterocycles. The predicted octanol–water partition coefficient (Wildman–Crippen LogP) is 4.54. The van der Waals surface area contributed by atoms with Gasteiger partial charge in [-0.05, 0) is 31.5 Å². The van der Waals surface area contributed by atoms with Gasteiger partial charge < -0.3 is 9.47 Å². The Kier molecular flexibility index (Phi) is 5.81. The highest BCUT2D eigenvalue weighted by atomic mass is 32.1. The molecule has 0 aliphatic carbocycles. The van der Waals surface area contributed by atoms with Crippen molar-refractivity contribution in [1.82, 2.24) is 4.98 Å². The van der Waals surface area contributed by atoms with Crippen molar-refractivity contribution in [1.29, 1.82) is 0 Å². The average molecular weight is 423 g/mol. The zero-order chi connectivity index (χ0) is 21.1. The van der Waals surface area contributed by atoms with Gasteiger partial charge in [0.25, 0.3) is 5.91 Å². The number of ether oxygens (including phenoxy) is 2. The fraction of sp³-hybridized carbons (Fsp3) is 0.261. The Morgan fingerprint density at radius 1 is 1.23 bits per heavy atom. The van der Waals surface area contributed by atoms with Crippen LogP contribution in [0.5, 0.6) is 5.75 Å². The second-order valence-electron chi connectivity index (χ2n) is 6.98. The molecule has 7 heteroatoms. The predicted molar refractivity (Wildman–Crippen MR) is 117 cm³/mol. The van der Waals surface area contributed by atoms with Gasteiger partial charge in [-0.25, -0.2) is 9.78 Å². The molecule has 1 atom stereocenters. The molecular weight excluding hydrogens is 400 g/mol. The maximum absolute atomic E-state index is 12.6. The number of carbonyl (C=O) groups is 2. The average Bonchev–Trinajstić information content (AvgIpc) is 3.27. The third kappa shape index (κ3) is 3.93. The number of aromatic nitrogens is 1. The normalized spacial score (nSPS) is 14.1. The SMILES string of the molecule is CCCOC(=O)C(C)N1C(=O)COc2ccc(-c3csc(-c4ccccc4)n3)cc21. The number of anilines is 1. The number of esters is 1. The molecule has 4 rings (SSSR count). The Hall–Kier alpha value is -3.19. The van der Waals surface area contributed by atoms with Crippen LogP contribution in [0.4, 0.5) is 5.69 Å². The van der Waals surface area contributed by atoms with Crippen molar-refractivity contribution < 1.29 is 19.1 Å². The number of nitrogens with zero attached hydrogens (tertiary/aromatic N) is 2. The Labute approximate surface area is 179 Å². The maximum atomic E-state index is 12.6. The van der Waals surface area contributed by atoms with Gasteiger partial charge in [-0.2, -0.15) is 0 Å². The van der Waals surface area contributed by atoms with Crippen molar-refractivity contribution in [3.05, 3.63) is 53.9 Å². The molecule has 0 bridgehead atoms. The molecule has 1 unspecified atom stereocenters. The van der Waals surface area contributed by atoms with Gasteiger partial charge in [0, 0.05) is 16.5 Å². The van der Waals surface area contributed by atoms with Crippen LogP contribution in [0.2, 0.25) is 0 Å². The van der Waals surface area contributed by atoms with Crippen LogP contribution < -0.4 is 9.64 Å². The zero-order valence-electron chi connectivity index (χ0n) is 16.8. The molecule has 0 spiro atoms. The van der Waals surface area contributed by atoms with Crippen molar-refractivity contribution in [3.63, 3.8) is 0 Å². The standard InChI is InChI=1S/C23H22N2O4S/c1-3-11-28-23(27)15(2)25-19-12-17(9-10-20(19)29-13-21(25)26)18-14-30-22(24-18)16-7-5-4-6-8-16/h4-10,12,14-15H,3,11,13H2,1-2H3. The van der Waals surface area contributed by atoms with Crippen LogP contribution in [-0.2, 0) is 14.3 Å². The van der Waals surface area contributed by atoms with Crippen LogP contribution in [0.25, 0.3) is 21.8 Å². The van der Waals surface area contributed by atoms with Crippen molar-refractivity contribution >= 4 is 28.9 Å². The largest absolute Gasteiger partial charge is 0.482 e. The molecule has 1 aromatic heterocycles. The van der Waals surface area contributed by atoms with Crippen LogP contribution in [0.15, 0.2) is 53.9 Å². The van der Waals surface area contributed by atoms with Crippen LogP contribution in [0.3, 0.4) is 0 Å². The van der Waals surface area contributed by atoms with Crippen LogP contribution in [0.1, 0.15) is 20.3 Å². The van der Waals surface area contributed by atoms with E-state index in [-0.39, 0.29) is 12.5 Å². The monoisotopic (exact) mass is 422 g/mol. The molecule has 3 aromatic rings. The van der Waals surface area contributed by atoms with Crippen molar-refractivity contribution in [2.75, 3.05) is 18.1 Å². The first-order chi connectivity index (χ1) is 14.6. The number of amides is 1. The molecule has 154 valence electrons. The first kappa shape index (κ1) is 20.1. The minimum Gasteiger partial charge on any atom is -0.482 e. The highest BCUT2D eigenvalue weighted by molar-refractivity contribution is 7.13. The summed E-state index contributed by atoms with van der Waals surface area (Å²) < 4.78 is 10.8. The van der Waals surface area contributed by atoms with E-state index in [4.69, 9.17) is 14.5 Å². The molecule has 0 fully saturated rings. The van der Waals surface area contributed by atoms with Crippen LogP contribution >= 0.6 is 11.3 Å². The number of thiazole rings is 1. The Bertz CT molecular complexity index is 1060. The molecule has 6 nitrogen and oxygen atoms in total. The van der Waals surface area contributed by atoms with Crippen molar-refractivity contribution in [2.45, 2.75) is 26.3 Å². The number of benzene rings is 2. The maximum Gasteiger partial charge on any atom is 0.328 e. The summed E-state index contributed by atoms with van der Waals surface area (Å²) in [5, 5.41) is 2.91. The van der Waals surface area contributed by atoms with E-state index in [9.17, 15) is 9.59 Å². The lowest BCUT2D eigenvalue weighted by molar-refractivity contribution is -0.146. The lowest BCUT2D eigenvalue weighted by atomic mass is 10.1. The summed E-state index contributed by atoms with van der Waals surface area (Å²) in [6.07, 6.45) is 0.726. The van der Waals surface area contributed by atoms with E-state index in [2.05, 4.69) is 0 Å². The Morgan fingerprint density at radius 2 is 2.03 bits per heavy atom. The molecule has 2 heterocycles. The fourth-order valence-corrected chi connectivity index (χ4v) is 4.14. The summed E-state index contributed by atoms with van der Waals surface area (Å²) in [5.41, 5.74) is 3.27. The molecule has 1 aliphatic rings. The van der Waals surface area contributed by atoms with Gasteiger partial charge in [0.1, 0.15) is 16.8 Å². The minimum absolute atomic E-state index is 0.105. The summed E-state index contributed by atoms with van der Waals surface area (Å²) in [4.78, 5) is 31.2. The lowest BCUT2D eigenvalue weighted by Gasteiger charge is -2.33. The number of hydrogen-bond donors (Lipinski definition) is 0. The Morgan fingerprint density at radius 3 is 2.80 bits per heavy atom. The van der Waals surface area contributed by atoms with Crippen LogP contribution in [-0.4, -0.2) is 36.1 Å². The smallest absolute Gasteiger partial charge is 0.328 e. The summed E-state index contributed by atoms with van der Waals surface area (Å²) in [6.45, 7) is 3.83. The third-order valence-electron chi connectivity index (χ3n) is 4.84. The van der Waals surface area contributed by atoms with Gasteiger partial charge >= 0.3 is 5.97 Å². The second-order valence-corrected chi connectivity index (χ2v) is 7.84. The Balaban J connectivity index is 1.66. The summed E-state index contributed by atoms with van der Waals surface area (Å²) >= 11 is 1.56. The van der Waals surface area contributed by atoms with Gasteiger partial charge in [-0.3, -0.25) is 9.69 Å². The highest BCUT2D eigenvalue weighted by Crippen LogP contribution is 2.38. The van der Waals surface area contributed by atoms with Gasteiger partial charge in [-0.15, -0.1) is 11.3 Å². The highest BCUT2D eigenvalue weighted by Gasteiger charge is 2.34. The van der Waals surface area contributed by atoms with E-state index in [1.54, 1.807) is 18.3 Å². The lowest BCUT2D eigenvalue weighted by Crippen LogP contribution is -2.48. The number of hydrogen-bond acceptors (Lipinski definition) is 6. The van der Waals surface area contributed by atoms with Crippen molar-refractivity contribution in [3.8, 4) is 27.6 Å². The number of carbonyl (C=O) groups excluding carboxylic acids is 2. The summed E-state index contributed by atoms with van der Waals surface area (Å²) in [6, 6.07) is 14.8. The molecule has 1 aliphatic heterocycles. The first-order valence-corrected chi connectivity index (χ1v) is 10.7. The molecule has 0 radical (unpaired) electrons. The topological polar surface area (TPSA) is 68.7 Å². The summed E-state index contributed by atoms with van der Waals surface area (Å²) in [7, 11) is 0.